The van der Waals surface area contributed by atoms with Crippen LogP contribution in [-0.4, -0.2) is 45.0 Å². The van der Waals surface area contributed by atoms with E-state index in [1.807, 2.05) is 0 Å². The van der Waals surface area contributed by atoms with Crippen molar-refractivity contribution in [3.05, 3.63) is 29.6 Å². The number of carboxylic acids is 1. The Bertz CT molecular complexity index is 535. The number of ether oxygens (including phenoxy) is 1. The van der Waals surface area contributed by atoms with Gasteiger partial charge in [-0.15, -0.1) is 0 Å². The third-order valence-electron chi connectivity index (χ3n) is 3.03. The Morgan fingerprint density at radius 1 is 1.58 bits per heavy atom. The van der Waals surface area contributed by atoms with Crippen LogP contribution in [0.3, 0.4) is 0 Å². The Morgan fingerprint density at radius 2 is 2.32 bits per heavy atom. The lowest BCUT2D eigenvalue weighted by molar-refractivity contribution is 0.0684. The molecule has 0 spiro atoms. The largest absolute Gasteiger partial charge is 0.476 e. The van der Waals surface area contributed by atoms with Crippen molar-refractivity contribution in [2.24, 2.45) is 7.05 Å². The van der Waals surface area contributed by atoms with Crippen molar-refractivity contribution in [2.45, 2.75) is 13.0 Å². The van der Waals surface area contributed by atoms with Gasteiger partial charge in [0.2, 0.25) is 0 Å². The number of rotatable bonds is 3. The summed E-state index contributed by atoms with van der Waals surface area (Å²) in [5.41, 5.74) is 1.43. The fraction of sp³-hybridized carbons (Fsp3) is 0.417. The summed E-state index contributed by atoms with van der Waals surface area (Å²) >= 11 is 0. The molecule has 1 N–H and O–H groups in total. The van der Waals surface area contributed by atoms with Crippen molar-refractivity contribution in [3.63, 3.8) is 0 Å². The summed E-state index contributed by atoms with van der Waals surface area (Å²) < 4.78 is 6.51. The van der Waals surface area contributed by atoms with Crippen LogP contribution in [0.5, 0.6) is 0 Å². The molecule has 7 nitrogen and oxygen atoms in total. The number of hydrogen-bond acceptors (Lipinski definition) is 4. The van der Waals surface area contributed by atoms with Crippen LogP contribution >= 0.6 is 0 Å². The maximum absolute atomic E-state index is 11.7. The standard InChI is InChI=1S/C12H15N3O4/c1-3-6-19-12(18)15-5-4-9-8(7-15)10(11(16)17)13-14(9)2/h3H,1,4-7H2,2H3,(H,16,17). The highest BCUT2D eigenvalue weighted by Gasteiger charge is 2.29. The third kappa shape index (κ3) is 2.44. The van der Waals surface area contributed by atoms with E-state index in [0.717, 1.165) is 5.69 Å². The average Bonchev–Trinajstić information content (AvgIpc) is 2.73. The summed E-state index contributed by atoms with van der Waals surface area (Å²) in [6.07, 6.45) is 1.58. The minimum absolute atomic E-state index is 0.00118. The molecule has 0 aliphatic carbocycles. The normalized spacial score (nSPS) is 13.8. The van der Waals surface area contributed by atoms with E-state index >= 15 is 0 Å². The monoisotopic (exact) mass is 265 g/mol. The summed E-state index contributed by atoms with van der Waals surface area (Å²) in [5, 5.41) is 13.1. The maximum Gasteiger partial charge on any atom is 0.410 e. The number of amides is 1. The van der Waals surface area contributed by atoms with E-state index in [0.29, 0.717) is 18.5 Å². The second-order valence-corrected chi connectivity index (χ2v) is 4.24. The molecule has 0 atom stereocenters. The first-order valence-corrected chi connectivity index (χ1v) is 5.85. The van der Waals surface area contributed by atoms with Crippen LogP contribution in [0.1, 0.15) is 21.7 Å². The molecule has 0 bridgehead atoms. The van der Waals surface area contributed by atoms with Gasteiger partial charge in [0.1, 0.15) is 6.61 Å². The number of carboxylic acid groups (broad SMARTS) is 1. The lowest BCUT2D eigenvalue weighted by Crippen LogP contribution is -2.37. The number of hydrogen-bond donors (Lipinski definition) is 1. The zero-order chi connectivity index (χ0) is 14.0. The van der Waals surface area contributed by atoms with Gasteiger partial charge in [-0.25, -0.2) is 9.59 Å². The highest BCUT2D eigenvalue weighted by Crippen LogP contribution is 2.22. The molecule has 1 aliphatic rings. The topological polar surface area (TPSA) is 84.7 Å². The molecule has 1 aliphatic heterocycles. The van der Waals surface area contributed by atoms with Crippen molar-refractivity contribution < 1.29 is 19.4 Å². The van der Waals surface area contributed by atoms with Gasteiger partial charge in [-0.05, 0) is 0 Å². The summed E-state index contributed by atoms with van der Waals surface area (Å²) in [5.74, 6) is -1.09. The van der Waals surface area contributed by atoms with Crippen LogP contribution in [0.2, 0.25) is 0 Å². The molecule has 1 aromatic rings. The molecule has 0 aromatic carbocycles. The smallest absolute Gasteiger partial charge is 0.410 e. The number of nitrogens with zero attached hydrogens (tertiary/aromatic N) is 3. The number of aromatic carboxylic acids is 1. The van der Waals surface area contributed by atoms with Gasteiger partial charge in [0.05, 0.1) is 6.54 Å². The van der Waals surface area contributed by atoms with Crippen molar-refractivity contribution in [1.29, 1.82) is 0 Å². The minimum atomic E-state index is -1.09. The van der Waals surface area contributed by atoms with Crippen LogP contribution in [0.25, 0.3) is 0 Å². The second-order valence-electron chi connectivity index (χ2n) is 4.24. The molecule has 1 amide bonds. The zero-order valence-electron chi connectivity index (χ0n) is 10.6. The first kappa shape index (κ1) is 13.1. The fourth-order valence-electron chi connectivity index (χ4n) is 2.14. The summed E-state index contributed by atoms with van der Waals surface area (Å²) in [6.45, 7) is 4.30. The lowest BCUT2D eigenvalue weighted by Gasteiger charge is -2.26. The number of aryl methyl sites for hydroxylation is 1. The molecular weight excluding hydrogens is 250 g/mol. The molecule has 0 unspecified atom stereocenters. The molecule has 102 valence electrons. The van der Waals surface area contributed by atoms with Gasteiger partial charge >= 0.3 is 12.1 Å². The minimum Gasteiger partial charge on any atom is -0.476 e. The van der Waals surface area contributed by atoms with Crippen molar-refractivity contribution in [3.8, 4) is 0 Å². The molecule has 19 heavy (non-hydrogen) atoms. The predicted molar refractivity (Wildman–Crippen MR) is 65.8 cm³/mol. The zero-order valence-corrected chi connectivity index (χ0v) is 10.6. The van der Waals surface area contributed by atoms with Crippen LogP contribution in [0.15, 0.2) is 12.7 Å². The Balaban J connectivity index is 2.20. The van der Waals surface area contributed by atoms with Crippen molar-refractivity contribution in [1.82, 2.24) is 14.7 Å². The highest BCUT2D eigenvalue weighted by atomic mass is 16.6. The van der Waals surface area contributed by atoms with Crippen LogP contribution in [-0.2, 0) is 24.8 Å². The van der Waals surface area contributed by atoms with Gasteiger partial charge in [0.15, 0.2) is 5.69 Å². The summed E-state index contributed by atoms with van der Waals surface area (Å²) in [4.78, 5) is 24.3. The Labute approximate surface area is 110 Å². The van der Waals surface area contributed by atoms with Gasteiger partial charge in [-0.1, -0.05) is 12.7 Å². The van der Waals surface area contributed by atoms with Crippen molar-refractivity contribution in [2.75, 3.05) is 13.2 Å². The highest BCUT2D eigenvalue weighted by molar-refractivity contribution is 5.87. The maximum atomic E-state index is 11.7. The predicted octanol–water partition coefficient (Wildman–Crippen LogP) is 0.799. The lowest BCUT2D eigenvalue weighted by atomic mass is 10.1. The molecule has 0 saturated carbocycles. The number of carbonyl (C=O) groups is 2. The first-order chi connectivity index (χ1) is 9.04. The number of fused-ring (bicyclic) bond motifs is 1. The molecule has 0 fully saturated rings. The van der Waals surface area contributed by atoms with Gasteiger partial charge in [-0.2, -0.15) is 5.10 Å². The van der Waals surface area contributed by atoms with Gasteiger partial charge in [0.25, 0.3) is 0 Å². The number of carbonyl (C=O) groups excluding carboxylic acids is 1. The number of aromatic nitrogens is 2. The molecule has 2 heterocycles. The summed E-state index contributed by atoms with van der Waals surface area (Å²) in [6, 6.07) is 0. The van der Waals surface area contributed by atoms with Crippen LogP contribution in [0, 0.1) is 0 Å². The van der Waals surface area contributed by atoms with Crippen molar-refractivity contribution >= 4 is 12.1 Å². The van der Waals surface area contributed by atoms with E-state index in [4.69, 9.17) is 9.84 Å². The van der Waals surface area contributed by atoms with Gasteiger partial charge < -0.3 is 14.7 Å². The quantitative estimate of drug-likeness (QED) is 0.817. The molecular formula is C12H15N3O4. The fourth-order valence-corrected chi connectivity index (χ4v) is 2.14. The van der Waals surface area contributed by atoms with Gasteiger partial charge in [-0.3, -0.25) is 4.68 Å². The SMILES string of the molecule is C=CCOC(=O)N1CCc2c(c(C(=O)O)nn2C)C1. The molecule has 0 radical (unpaired) electrons. The Kier molecular flexibility index (Phi) is 3.55. The van der Waals surface area contributed by atoms with E-state index in [9.17, 15) is 9.59 Å². The molecule has 7 heteroatoms. The van der Waals surface area contributed by atoms with E-state index in [2.05, 4.69) is 11.7 Å². The first-order valence-electron chi connectivity index (χ1n) is 5.85. The molecule has 1 aromatic heterocycles. The van der Waals surface area contributed by atoms with Crippen LogP contribution in [0.4, 0.5) is 4.79 Å². The third-order valence-corrected chi connectivity index (χ3v) is 3.03. The second kappa shape index (κ2) is 5.13. The van der Waals surface area contributed by atoms with E-state index < -0.39 is 12.1 Å². The molecule has 0 saturated heterocycles. The molecule has 2 rings (SSSR count). The van der Waals surface area contributed by atoms with E-state index in [1.54, 1.807) is 11.7 Å². The van der Waals surface area contributed by atoms with E-state index in [-0.39, 0.29) is 18.8 Å². The Hall–Kier alpha value is -2.31. The Morgan fingerprint density at radius 3 is 2.95 bits per heavy atom. The van der Waals surface area contributed by atoms with Crippen LogP contribution < -0.4 is 0 Å². The summed E-state index contributed by atoms with van der Waals surface area (Å²) in [7, 11) is 1.71. The van der Waals surface area contributed by atoms with Gasteiger partial charge in [0, 0.05) is 31.3 Å². The average molecular weight is 265 g/mol. The van der Waals surface area contributed by atoms with E-state index in [1.165, 1.54) is 11.0 Å².